The number of halogens is 1. The number of pyridine rings is 1. The second kappa shape index (κ2) is 9.01. The number of fused-ring (bicyclic) bond motifs is 1. The zero-order valence-corrected chi connectivity index (χ0v) is 18.5. The van der Waals surface area contributed by atoms with E-state index in [-0.39, 0.29) is 11.9 Å². The number of piperazine rings is 1. The molecule has 0 unspecified atom stereocenters. The highest BCUT2D eigenvalue weighted by atomic mass is 19.1. The number of aryl methyl sites for hydroxylation is 1. The molecule has 0 aliphatic carbocycles. The second-order valence-electron chi connectivity index (χ2n) is 8.23. The van der Waals surface area contributed by atoms with Crippen molar-refractivity contribution in [3.8, 4) is 5.75 Å². The van der Waals surface area contributed by atoms with Crippen molar-refractivity contribution in [2.45, 2.75) is 33.4 Å². The summed E-state index contributed by atoms with van der Waals surface area (Å²) in [6.45, 7) is 9.94. The number of nitrogens with one attached hydrogen (secondary N) is 1. The van der Waals surface area contributed by atoms with Crippen LogP contribution in [0.5, 0.6) is 5.75 Å². The van der Waals surface area contributed by atoms with Gasteiger partial charge in [-0.25, -0.2) is 14.4 Å². The SMILES string of the molecule is COc1ccc(CN2CCN(c3nc4cnc(C)cc4nc3NC(C)C)CC2)c(F)c1. The Labute approximate surface area is 182 Å². The highest BCUT2D eigenvalue weighted by Crippen LogP contribution is 2.27. The molecule has 3 heterocycles. The van der Waals surface area contributed by atoms with Gasteiger partial charge >= 0.3 is 0 Å². The van der Waals surface area contributed by atoms with Gasteiger partial charge in [-0.2, -0.15) is 0 Å². The lowest BCUT2D eigenvalue weighted by Crippen LogP contribution is -2.46. The largest absolute Gasteiger partial charge is 0.497 e. The first-order chi connectivity index (χ1) is 14.9. The van der Waals surface area contributed by atoms with Gasteiger partial charge in [0.25, 0.3) is 0 Å². The van der Waals surface area contributed by atoms with Crippen molar-refractivity contribution in [1.29, 1.82) is 0 Å². The van der Waals surface area contributed by atoms with Gasteiger partial charge in [-0.15, -0.1) is 0 Å². The molecule has 31 heavy (non-hydrogen) atoms. The first-order valence-electron chi connectivity index (χ1n) is 10.6. The number of anilines is 2. The summed E-state index contributed by atoms with van der Waals surface area (Å²) in [6.07, 6.45) is 1.78. The van der Waals surface area contributed by atoms with E-state index < -0.39 is 0 Å². The number of ether oxygens (including phenoxy) is 1. The van der Waals surface area contributed by atoms with Crippen LogP contribution < -0.4 is 15.0 Å². The van der Waals surface area contributed by atoms with Crippen molar-refractivity contribution in [3.63, 3.8) is 0 Å². The smallest absolute Gasteiger partial charge is 0.172 e. The zero-order valence-electron chi connectivity index (χ0n) is 18.5. The predicted octanol–water partition coefficient (Wildman–Crippen LogP) is 3.62. The molecule has 0 saturated carbocycles. The fraction of sp³-hybridized carbons (Fsp3) is 0.435. The molecule has 1 saturated heterocycles. The number of methoxy groups -OCH3 is 1. The van der Waals surface area contributed by atoms with Gasteiger partial charge in [0.15, 0.2) is 11.6 Å². The van der Waals surface area contributed by atoms with Gasteiger partial charge in [-0.1, -0.05) is 6.07 Å². The lowest BCUT2D eigenvalue weighted by molar-refractivity contribution is 0.246. The Hall–Kier alpha value is -3.00. The van der Waals surface area contributed by atoms with Crippen LogP contribution in [0.15, 0.2) is 30.5 Å². The molecule has 1 fully saturated rings. The standard InChI is InChI=1S/C23H29FN6O/c1-15(2)26-22-23(28-21-13-25-16(3)11-20(21)27-22)30-9-7-29(8-10-30)14-17-5-6-18(31-4)12-19(17)24/h5-6,11-13,15H,7-10,14H2,1-4H3,(H,26,27). The van der Waals surface area contributed by atoms with Crippen LogP contribution in [-0.2, 0) is 6.54 Å². The van der Waals surface area contributed by atoms with Crippen LogP contribution in [0, 0.1) is 12.7 Å². The minimum atomic E-state index is -0.228. The van der Waals surface area contributed by atoms with Gasteiger partial charge in [0, 0.05) is 56.1 Å². The normalized spacial score (nSPS) is 15.0. The molecule has 7 nitrogen and oxygen atoms in total. The molecule has 1 aliphatic heterocycles. The van der Waals surface area contributed by atoms with Crippen LogP contribution >= 0.6 is 0 Å². The van der Waals surface area contributed by atoms with Crippen molar-refractivity contribution in [2.75, 3.05) is 43.5 Å². The van der Waals surface area contributed by atoms with E-state index in [1.54, 1.807) is 25.4 Å². The van der Waals surface area contributed by atoms with E-state index in [2.05, 4.69) is 33.9 Å². The highest BCUT2D eigenvalue weighted by molar-refractivity contribution is 5.80. The van der Waals surface area contributed by atoms with Gasteiger partial charge in [0.05, 0.1) is 18.8 Å². The van der Waals surface area contributed by atoms with Gasteiger partial charge in [-0.3, -0.25) is 9.88 Å². The summed E-state index contributed by atoms with van der Waals surface area (Å²) in [4.78, 5) is 18.6. The molecule has 2 aromatic heterocycles. The molecule has 3 aromatic rings. The Morgan fingerprint density at radius 3 is 2.55 bits per heavy atom. The topological polar surface area (TPSA) is 66.4 Å². The first-order valence-corrected chi connectivity index (χ1v) is 10.6. The summed E-state index contributed by atoms with van der Waals surface area (Å²) in [5.41, 5.74) is 3.23. The maximum atomic E-state index is 14.3. The molecule has 0 amide bonds. The van der Waals surface area contributed by atoms with Crippen molar-refractivity contribution in [2.24, 2.45) is 0 Å². The number of benzene rings is 1. The van der Waals surface area contributed by atoms with Crippen molar-refractivity contribution < 1.29 is 9.13 Å². The lowest BCUT2D eigenvalue weighted by atomic mass is 10.1. The third-order valence-corrected chi connectivity index (χ3v) is 5.42. The van der Waals surface area contributed by atoms with Crippen LogP contribution in [0.4, 0.5) is 16.0 Å². The van der Waals surface area contributed by atoms with Crippen molar-refractivity contribution in [3.05, 3.63) is 47.5 Å². The zero-order chi connectivity index (χ0) is 22.0. The molecule has 1 aromatic carbocycles. The summed E-state index contributed by atoms with van der Waals surface area (Å²) < 4.78 is 19.4. The van der Waals surface area contributed by atoms with E-state index in [0.29, 0.717) is 17.9 Å². The summed E-state index contributed by atoms with van der Waals surface area (Å²) in [7, 11) is 1.54. The number of hydrogen-bond acceptors (Lipinski definition) is 7. The van der Waals surface area contributed by atoms with E-state index in [4.69, 9.17) is 14.7 Å². The fourth-order valence-electron chi connectivity index (χ4n) is 3.78. The summed E-state index contributed by atoms with van der Waals surface area (Å²) in [5.74, 6) is 1.95. The molecular formula is C23H29FN6O. The Morgan fingerprint density at radius 2 is 1.87 bits per heavy atom. The molecule has 1 N–H and O–H groups in total. The van der Waals surface area contributed by atoms with Gasteiger partial charge in [0.1, 0.15) is 17.1 Å². The van der Waals surface area contributed by atoms with Gasteiger partial charge in [0.2, 0.25) is 0 Å². The minimum absolute atomic E-state index is 0.228. The maximum absolute atomic E-state index is 14.3. The molecule has 4 rings (SSSR count). The second-order valence-corrected chi connectivity index (χ2v) is 8.23. The Bertz CT molecular complexity index is 1070. The van der Waals surface area contributed by atoms with Crippen LogP contribution in [0.1, 0.15) is 25.1 Å². The van der Waals surface area contributed by atoms with Crippen LogP contribution in [0.25, 0.3) is 11.0 Å². The average Bonchev–Trinajstić information content (AvgIpc) is 2.75. The Kier molecular flexibility index (Phi) is 6.18. The minimum Gasteiger partial charge on any atom is -0.497 e. The van der Waals surface area contributed by atoms with E-state index in [1.807, 2.05) is 13.0 Å². The number of rotatable bonds is 6. The molecule has 164 valence electrons. The molecule has 0 bridgehead atoms. The van der Waals surface area contributed by atoms with Crippen LogP contribution in [-0.4, -0.2) is 59.2 Å². The van der Waals surface area contributed by atoms with E-state index >= 15 is 0 Å². The summed E-state index contributed by atoms with van der Waals surface area (Å²) in [6, 6.07) is 7.25. The summed E-state index contributed by atoms with van der Waals surface area (Å²) in [5, 5.41) is 3.44. The third kappa shape index (κ3) is 4.85. The monoisotopic (exact) mass is 424 g/mol. The van der Waals surface area contributed by atoms with Crippen molar-refractivity contribution in [1.82, 2.24) is 19.9 Å². The maximum Gasteiger partial charge on any atom is 0.172 e. The molecule has 0 spiro atoms. The van der Waals surface area contributed by atoms with Gasteiger partial charge in [-0.05, 0) is 32.9 Å². The first kappa shape index (κ1) is 21.2. The fourth-order valence-corrected chi connectivity index (χ4v) is 3.78. The number of nitrogens with zero attached hydrogens (tertiary/aromatic N) is 5. The van der Waals surface area contributed by atoms with Crippen LogP contribution in [0.2, 0.25) is 0 Å². The van der Waals surface area contributed by atoms with Crippen LogP contribution in [0.3, 0.4) is 0 Å². The average molecular weight is 425 g/mol. The van der Waals surface area contributed by atoms with E-state index in [9.17, 15) is 4.39 Å². The Balaban J connectivity index is 1.50. The quantitative estimate of drug-likeness (QED) is 0.648. The molecular weight excluding hydrogens is 395 g/mol. The Morgan fingerprint density at radius 1 is 1.10 bits per heavy atom. The number of aromatic nitrogens is 3. The van der Waals surface area contributed by atoms with Gasteiger partial charge < -0.3 is 15.0 Å². The third-order valence-electron chi connectivity index (χ3n) is 5.42. The molecule has 8 heteroatoms. The number of hydrogen-bond donors (Lipinski definition) is 1. The molecule has 0 radical (unpaired) electrons. The summed E-state index contributed by atoms with van der Waals surface area (Å²) >= 11 is 0. The van der Waals surface area contributed by atoms with Crippen molar-refractivity contribution >= 4 is 22.7 Å². The van der Waals surface area contributed by atoms with E-state index in [1.165, 1.54) is 6.07 Å². The molecule has 1 aliphatic rings. The predicted molar refractivity (Wildman–Crippen MR) is 121 cm³/mol. The lowest BCUT2D eigenvalue weighted by Gasteiger charge is -2.36. The molecule has 0 atom stereocenters. The van der Waals surface area contributed by atoms with E-state index in [0.717, 1.165) is 54.5 Å². The highest BCUT2D eigenvalue weighted by Gasteiger charge is 2.23.